The minimum atomic E-state index is -0.127. The van der Waals surface area contributed by atoms with Gasteiger partial charge >= 0.3 is 0 Å². The smallest absolute Gasteiger partial charge is 0.0585 e. The zero-order valence-electron chi connectivity index (χ0n) is 7.85. The molecule has 0 fully saturated rings. The van der Waals surface area contributed by atoms with E-state index in [1.807, 2.05) is 30.3 Å². The third-order valence-corrected chi connectivity index (χ3v) is 1.58. The third kappa shape index (κ3) is 5.36. The zero-order valence-corrected chi connectivity index (χ0v) is 7.85. The van der Waals surface area contributed by atoms with Gasteiger partial charge in [0.25, 0.3) is 0 Å². The van der Waals surface area contributed by atoms with E-state index >= 15 is 0 Å². The van der Waals surface area contributed by atoms with Crippen LogP contribution in [-0.4, -0.2) is 30.0 Å². The molecule has 1 aromatic rings. The van der Waals surface area contributed by atoms with Crippen LogP contribution in [0, 0.1) is 0 Å². The molecule has 0 aliphatic heterocycles. The molecule has 3 nitrogen and oxygen atoms in total. The molecule has 1 atom stereocenters. The fraction of sp³-hybridized carbons (Fsp3) is 0.400. The van der Waals surface area contributed by atoms with Crippen LogP contribution in [0.4, 0.5) is 0 Å². The normalized spacial score (nSPS) is 11.4. The molecule has 0 aliphatic carbocycles. The quantitative estimate of drug-likeness (QED) is 0.625. The van der Waals surface area contributed by atoms with Crippen LogP contribution in [0.3, 0.4) is 0 Å². The first-order valence-electron chi connectivity index (χ1n) is 4.18. The molecule has 13 heavy (non-hydrogen) atoms. The Morgan fingerprint density at radius 1 is 1.23 bits per heavy atom. The molecule has 0 saturated carbocycles. The summed E-state index contributed by atoms with van der Waals surface area (Å²) in [4.78, 5) is 0. The molecule has 0 heterocycles. The van der Waals surface area contributed by atoms with Gasteiger partial charge in [-0.05, 0) is 12.0 Å². The standard InChI is InChI=1S/C9H13NO.CH4O/c10-9(7-11)6-8-4-2-1-3-5-8;1-2/h1-5,9,11H,6-7,10H2;2H,1H3. The fourth-order valence-corrected chi connectivity index (χ4v) is 0.981. The molecule has 0 bridgehead atoms. The lowest BCUT2D eigenvalue weighted by Gasteiger charge is -2.06. The SMILES string of the molecule is CO.NC(CO)Cc1ccccc1. The summed E-state index contributed by atoms with van der Waals surface area (Å²) in [6.07, 6.45) is 0.747. The van der Waals surface area contributed by atoms with E-state index in [9.17, 15) is 0 Å². The van der Waals surface area contributed by atoms with Crippen molar-refractivity contribution in [1.29, 1.82) is 0 Å². The summed E-state index contributed by atoms with van der Waals surface area (Å²) < 4.78 is 0. The average molecular weight is 183 g/mol. The van der Waals surface area contributed by atoms with Gasteiger partial charge in [0, 0.05) is 13.2 Å². The minimum absolute atomic E-state index is 0.0505. The van der Waals surface area contributed by atoms with E-state index in [-0.39, 0.29) is 12.6 Å². The second-order valence-electron chi connectivity index (χ2n) is 2.63. The highest BCUT2D eigenvalue weighted by Crippen LogP contribution is 2.00. The number of nitrogens with two attached hydrogens (primary N) is 1. The van der Waals surface area contributed by atoms with E-state index in [0.29, 0.717) is 0 Å². The molecular formula is C10H17NO2. The van der Waals surface area contributed by atoms with Crippen molar-refractivity contribution >= 4 is 0 Å². The maximum atomic E-state index is 8.67. The van der Waals surface area contributed by atoms with Gasteiger partial charge in [-0.2, -0.15) is 0 Å². The van der Waals surface area contributed by atoms with Gasteiger partial charge in [0.05, 0.1) is 6.61 Å². The first-order valence-corrected chi connectivity index (χ1v) is 4.18. The molecule has 0 radical (unpaired) electrons. The average Bonchev–Trinajstić information content (AvgIpc) is 2.22. The summed E-state index contributed by atoms with van der Waals surface area (Å²) in [5, 5.41) is 15.7. The molecule has 0 spiro atoms. The Labute approximate surface area is 78.8 Å². The van der Waals surface area contributed by atoms with E-state index in [4.69, 9.17) is 15.9 Å². The van der Waals surface area contributed by atoms with E-state index < -0.39 is 0 Å². The number of hydrogen-bond donors (Lipinski definition) is 3. The first kappa shape index (κ1) is 12.1. The third-order valence-electron chi connectivity index (χ3n) is 1.58. The van der Waals surface area contributed by atoms with Crippen LogP contribution in [0.1, 0.15) is 5.56 Å². The van der Waals surface area contributed by atoms with Crippen LogP contribution in [-0.2, 0) is 6.42 Å². The van der Waals surface area contributed by atoms with Crippen LogP contribution in [0.15, 0.2) is 30.3 Å². The van der Waals surface area contributed by atoms with Crippen LogP contribution >= 0.6 is 0 Å². The highest BCUT2D eigenvalue weighted by atomic mass is 16.3. The minimum Gasteiger partial charge on any atom is -0.400 e. The zero-order chi connectivity index (χ0) is 10.1. The lowest BCUT2D eigenvalue weighted by atomic mass is 10.1. The van der Waals surface area contributed by atoms with Crippen molar-refractivity contribution in [2.24, 2.45) is 5.73 Å². The Morgan fingerprint density at radius 3 is 2.23 bits per heavy atom. The van der Waals surface area contributed by atoms with Crippen LogP contribution < -0.4 is 5.73 Å². The number of benzene rings is 1. The summed E-state index contributed by atoms with van der Waals surface area (Å²) in [6.45, 7) is 0.0505. The molecule has 0 aliphatic rings. The van der Waals surface area contributed by atoms with E-state index in [1.54, 1.807) is 0 Å². The highest BCUT2D eigenvalue weighted by Gasteiger charge is 1.99. The molecule has 0 amide bonds. The number of rotatable bonds is 3. The van der Waals surface area contributed by atoms with Crippen molar-refractivity contribution in [3.8, 4) is 0 Å². The second kappa shape index (κ2) is 7.73. The summed E-state index contributed by atoms with van der Waals surface area (Å²) >= 11 is 0. The summed E-state index contributed by atoms with van der Waals surface area (Å²) in [5.41, 5.74) is 6.73. The van der Waals surface area contributed by atoms with Gasteiger partial charge in [-0.15, -0.1) is 0 Å². The molecule has 4 N–H and O–H groups in total. The Bertz CT molecular complexity index is 201. The predicted octanol–water partition coefficient (Wildman–Crippen LogP) is 0.157. The van der Waals surface area contributed by atoms with Crippen molar-refractivity contribution in [3.63, 3.8) is 0 Å². The summed E-state index contributed by atoms with van der Waals surface area (Å²) in [5.74, 6) is 0. The Balaban J connectivity index is 0.000000671. The molecule has 1 aromatic carbocycles. The molecule has 3 heteroatoms. The number of aliphatic hydroxyl groups is 2. The Morgan fingerprint density at radius 2 is 1.77 bits per heavy atom. The van der Waals surface area contributed by atoms with Gasteiger partial charge in [0.1, 0.15) is 0 Å². The van der Waals surface area contributed by atoms with Crippen molar-refractivity contribution in [3.05, 3.63) is 35.9 Å². The fourth-order valence-electron chi connectivity index (χ4n) is 0.981. The van der Waals surface area contributed by atoms with Crippen molar-refractivity contribution in [2.75, 3.05) is 13.7 Å². The lowest BCUT2D eigenvalue weighted by Crippen LogP contribution is -2.26. The maximum Gasteiger partial charge on any atom is 0.0585 e. The van der Waals surface area contributed by atoms with Crippen molar-refractivity contribution < 1.29 is 10.2 Å². The van der Waals surface area contributed by atoms with Crippen LogP contribution in [0.25, 0.3) is 0 Å². The first-order chi connectivity index (χ1) is 6.33. The van der Waals surface area contributed by atoms with Gasteiger partial charge < -0.3 is 15.9 Å². The lowest BCUT2D eigenvalue weighted by molar-refractivity contribution is 0.265. The van der Waals surface area contributed by atoms with Gasteiger partial charge in [-0.25, -0.2) is 0 Å². The molecule has 1 unspecified atom stereocenters. The predicted molar refractivity (Wildman–Crippen MR) is 53.4 cm³/mol. The molecule has 1 rings (SSSR count). The van der Waals surface area contributed by atoms with Gasteiger partial charge in [0.15, 0.2) is 0 Å². The van der Waals surface area contributed by atoms with Gasteiger partial charge in [-0.1, -0.05) is 30.3 Å². The topological polar surface area (TPSA) is 66.5 Å². The van der Waals surface area contributed by atoms with Gasteiger partial charge in [0.2, 0.25) is 0 Å². The monoisotopic (exact) mass is 183 g/mol. The molecule has 74 valence electrons. The Hall–Kier alpha value is -0.900. The van der Waals surface area contributed by atoms with Crippen molar-refractivity contribution in [2.45, 2.75) is 12.5 Å². The number of hydrogen-bond acceptors (Lipinski definition) is 3. The Kier molecular flexibility index (Phi) is 7.20. The summed E-state index contributed by atoms with van der Waals surface area (Å²) in [7, 11) is 1.00. The van der Waals surface area contributed by atoms with E-state index in [2.05, 4.69) is 0 Å². The largest absolute Gasteiger partial charge is 0.400 e. The van der Waals surface area contributed by atoms with E-state index in [0.717, 1.165) is 13.5 Å². The highest BCUT2D eigenvalue weighted by molar-refractivity contribution is 5.15. The van der Waals surface area contributed by atoms with Crippen LogP contribution in [0.5, 0.6) is 0 Å². The van der Waals surface area contributed by atoms with Crippen molar-refractivity contribution in [1.82, 2.24) is 0 Å². The maximum absolute atomic E-state index is 8.67. The van der Waals surface area contributed by atoms with E-state index in [1.165, 1.54) is 5.56 Å². The second-order valence-corrected chi connectivity index (χ2v) is 2.63. The summed E-state index contributed by atoms with van der Waals surface area (Å²) in [6, 6.07) is 9.80. The molecular weight excluding hydrogens is 166 g/mol. The van der Waals surface area contributed by atoms with Crippen LogP contribution in [0.2, 0.25) is 0 Å². The van der Waals surface area contributed by atoms with Gasteiger partial charge in [-0.3, -0.25) is 0 Å². The molecule has 0 saturated heterocycles. The number of aliphatic hydroxyl groups excluding tert-OH is 2. The molecule has 0 aromatic heterocycles.